The van der Waals surface area contributed by atoms with E-state index in [4.69, 9.17) is 5.73 Å². The van der Waals surface area contributed by atoms with Gasteiger partial charge in [0.05, 0.1) is 5.69 Å². The first-order chi connectivity index (χ1) is 9.61. The molecule has 1 aromatic rings. The van der Waals surface area contributed by atoms with E-state index in [2.05, 4.69) is 23.6 Å². The number of nitrogens with zero attached hydrogens (tertiary/aromatic N) is 2. The highest BCUT2D eigenvalue weighted by Crippen LogP contribution is 2.21. The first-order valence-corrected chi connectivity index (χ1v) is 7.53. The largest absolute Gasteiger partial charge is 0.367 e. The Hall–Kier alpha value is -1.13. The predicted molar refractivity (Wildman–Crippen MR) is 82.4 cm³/mol. The summed E-state index contributed by atoms with van der Waals surface area (Å²) in [4.78, 5) is 4.59. The summed E-state index contributed by atoms with van der Waals surface area (Å²) in [6.07, 6.45) is 0. The molecule has 4 heteroatoms. The van der Waals surface area contributed by atoms with Crippen LogP contribution in [0.15, 0.2) is 24.3 Å². The number of piperazine rings is 1. The van der Waals surface area contributed by atoms with E-state index in [0.717, 1.165) is 45.0 Å². The summed E-state index contributed by atoms with van der Waals surface area (Å²) in [5, 5.41) is 0. The molecule has 20 heavy (non-hydrogen) atoms. The quantitative estimate of drug-likeness (QED) is 0.896. The summed E-state index contributed by atoms with van der Waals surface area (Å²) in [6, 6.07) is 7.03. The summed E-state index contributed by atoms with van der Waals surface area (Å²) in [6.45, 7) is 9.99. The summed E-state index contributed by atoms with van der Waals surface area (Å²) >= 11 is 0. The highest BCUT2D eigenvalue weighted by Gasteiger charge is 2.22. The molecule has 3 nitrogen and oxygen atoms in total. The monoisotopic (exact) mass is 279 g/mol. The molecule has 1 unspecified atom stereocenters. The summed E-state index contributed by atoms with van der Waals surface area (Å²) < 4.78 is 13.8. The molecule has 0 amide bonds. The molecule has 0 aliphatic carbocycles. The molecule has 0 radical (unpaired) electrons. The van der Waals surface area contributed by atoms with E-state index in [1.54, 1.807) is 6.07 Å². The predicted octanol–water partition coefficient (Wildman–Crippen LogP) is 2.18. The zero-order valence-electron chi connectivity index (χ0n) is 12.6. The van der Waals surface area contributed by atoms with Crippen molar-refractivity contribution in [3.63, 3.8) is 0 Å². The number of halogens is 1. The van der Waals surface area contributed by atoms with Crippen LogP contribution in [0.3, 0.4) is 0 Å². The number of anilines is 1. The third kappa shape index (κ3) is 3.70. The molecule has 1 fully saturated rings. The van der Waals surface area contributed by atoms with Gasteiger partial charge in [-0.1, -0.05) is 26.0 Å². The van der Waals surface area contributed by atoms with Gasteiger partial charge in [-0.3, -0.25) is 4.90 Å². The van der Waals surface area contributed by atoms with Gasteiger partial charge < -0.3 is 10.6 Å². The molecule has 112 valence electrons. The zero-order chi connectivity index (χ0) is 14.5. The summed E-state index contributed by atoms with van der Waals surface area (Å²) in [7, 11) is 0. The molecule has 1 aliphatic heterocycles. The van der Waals surface area contributed by atoms with Gasteiger partial charge >= 0.3 is 0 Å². The third-order valence-corrected chi connectivity index (χ3v) is 4.30. The van der Waals surface area contributed by atoms with E-state index in [0.29, 0.717) is 11.8 Å². The van der Waals surface area contributed by atoms with Gasteiger partial charge in [0, 0.05) is 32.7 Å². The van der Waals surface area contributed by atoms with Crippen LogP contribution in [0.25, 0.3) is 0 Å². The number of nitrogens with two attached hydrogens (primary N) is 1. The SMILES string of the molecule is CC(C)C(CN)CN1CCN(c2ccccc2F)CC1. The number of benzene rings is 1. The maximum atomic E-state index is 13.8. The molecule has 0 saturated carbocycles. The number of para-hydroxylation sites is 1. The molecule has 1 aromatic carbocycles. The van der Waals surface area contributed by atoms with Gasteiger partial charge in [0.1, 0.15) is 5.82 Å². The zero-order valence-corrected chi connectivity index (χ0v) is 12.6. The average molecular weight is 279 g/mol. The van der Waals surface area contributed by atoms with Crippen LogP contribution >= 0.6 is 0 Å². The van der Waals surface area contributed by atoms with Gasteiger partial charge in [0.2, 0.25) is 0 Å². The van der Waals surface area contributed by atoms with Crippen molar-refractivity contribution in [1.82, 2.24) is 4.90 Å². The fourth-order valence-corrected chi connectivity index (χ4v) is 2.77. The molecule has 0 spiro atoms. The van der Waals surface area contributed by atoms with Crippen molar-refractivity contribution >= 4 is 5.69 Å². The Morgan fingerprint density at radius 2 is 1.80 bits per heavy atom. The van der Waals surface area contributed by atoms with E-state index in [9.17, 15) is 4.39 Å². The van der Waals surface area contributed by atoms with E-state index < -0.39 is 0 Å². The van der Waals surface area contributed by atoms with Gasteiger partial charge in [0.25, 0.3) is 0 Å². The van der Waals surface area contributed by atoms with Gasteiger partial charge in [0.15, 0.2) is 0 Å². The smallest absolute Gasteiger partial charge is 0.146 e. The first-order valence-electron chi connectivity index (χ1n) is 7.53. The van der Waals surface area contributed by atoms with Crippen molar-refractivity contribution in [3.05, 3.63) is 30.1 Å². The Balaban J connectivity index is 1.88. The lowest BCUT2D eigenvalue weighted by Gasteiger charge is -2.38. The second-order valence-electron chi connectivity index (χ2n) is 5.98. The second-order valence-corrected chi connectivity index (χ2v) is 5.98. The van der Waals surface area contributed by atoms with Gasteiger partial charge in [-0.25, -0.2) is 4.39 Å². The summed E-state index contributed by atoms with van der Waals surface area (Å²) in [5.41, 5.74) is 6.57. The Bertz CT molecular complexity index is 414. The number of hydrogen-bond donors (Lipinski definition) is 1. The minimum absolute atomic E-state index is 0.122. The molecule has 0 aromatic heterocycles. The van der Waals surface area contributed by atoms with Gasteiger partial charge in [-0.15, -0.1) is 0 Å². The molecule has 1 heterocycles. The molecule has 0 bridgehead atoms. The topological polar surface area (TPSA) is 32.5 Å². The molecule has 1 aliphatic rings. The minimum Gasteiger partial charge on any atom is -0.367 e. The van der Waals surface area contributed by atoms with E-state index >= 15 is 0 Å². The van der Waals surface area contributed by atoms with Crippen LogP contribution in [0, 0.1) is 17.7 Å². The fraction of sp³-hybridized carbons (Fsp3) is 0.625. The van der Waals surface area contributed by atoms with Crippen molar-refractivity contribution in [3.8, 4) is 0 Å². The molecule has 1 atom stereocenters. The van der Waals surface area contributed by atoms with E-state index in [1.807, 2.05) is 12.1 Å². The van der Waals surface area contributed by atoms with Crippen LogP contribution in [0.4, 0.5) is 10.1 Å². The molecular formula is C16H26FN3. The number of rotatable bonds is 5. The third-order valence-electron chi connectivity index (χ3n) is 4.30. The van der Waals surface area contributed by atoms with Crippen LogP contribution in [0.5, 0.6) is 0 Å². The highest BCUT2D eigenvalue weighted by molar-refractivity contribution is 5.47. The van der Waals surface area contributed by atoms with E-state index in [-0.39, 0.29) is 5.82 Å². The first kappa shape index (κ1) is 15.3. The second kappa shape index (κ2) is 7.04. The van der Waals surface area contributed by atoms with Crippen molar-refractivity contribution < 1.29 is 4.39 Å². The average Bonchev–Trinajstić information content (AvgIpc) is 2.46. The van der Waals surface area contributed by atoms with Gasteiger partial charge in [-0.2, -0.15) is 0 Å². The molecular weight excluding hydrogens is 253 g/mol. The fourth-order valence-electron chi connectivity index (χ4n) is 2.77. The standard InChI is InChI=1S/C16H26FN3/c1-13(2)14(11-18)12-19-7-9-20(10-8-19)16-6-4-3-5-15(16)17/h3-6,13-14H,7-12,18H2,1-2H3. The Morgan fingerprint density at radius 3 is 2.35 bits per heavy atom. The van der Waals surface area contributed by atoms with Crippen LogP contribution in [0.1, 0.15) is 13.8 Å². The van der Waals surface area contributed by atoms with Crippen molar-refractivity contribution in [2.24, 2.45) is 17.6 Å². The maximum Gasteiger partial charge on any atom is 0.146 e. The molecule has 1 saturated heterocycles. The van der Waals surface area contributed by atoms with Crippen LogP contribution < -0.4 is 10.6 Å². The highest BCUT2D eigenvalue weighted by atomic mass is 19.1. The van der Waals surface area contributed by atoms with Crippen LogP contribution in [-0.2, 0) is 0 Å². The summed E-state index contributed by atoms with van der Waals surface area (Å²) in [5.74, 6) is 1.04. The van der Waals surface area contributed by atoms with Crippen LogP contribution in [-0.4, -0.2) is 44.2 Å². The van der Waals surface area contributed by atoms with Gasteiger partial charge in [-0.05, 0) is 30.5 Å². The van der Waals surface area contributed by atoms with E-state index in [1.165, 1.54) is 6.07 Å². The Morgan fingerprint density at radius 1 is 1.15 bits per heavy atom. The lowest BCUT2D eigenvalue weighted by Crippen LogP contribution is -2.49. The lowest BCUT2D eigenvalue weighted by atomic mass is 9.95. The van der Waals surface area contributed by atoms with Crippen LogP contribution in [0.2, 0.25) is 0 Å². The molecule has 2 rings (SSSR count). The van der Waals surface area contributed by atoms with Crippen molar-refractivity contribution in [2.75, 3.05) is 44.2 Å². The maximum absolute atomic E-state index is 13.8. The van der Waals surface area contributed by atoms with Crippen molar-refractivity contribution in [2.45, 2.75) is 13.8 Å². The Kier molecular flexibility index (Phi) is 5.38. The molecule has 2 N–H and O–H groups in total. The minimum atomic E-state index is -0.122. The lowest BCUT2D eigenvalue weighted by molar-refractivity contribution is 0.195. The Labute approximate surface area is 121 Å². The van der Waals surface area contributed by atoms with Crippen molar-refractivity contribution in [1.29, 1.82) is 0 Å². The number of hydrogen-bond acceptors (Lipinski definition) is 3. The normalized spacial score (nSPS) is 18.6.